The van der Waals surface area contributed by atoms with Gasteiger partial charge in [-0.2, -0.15) is 4.31 Å². The lowest BCUT2D eigenvalue weighted by Gasteiger charge is -2.33. The fraction of sp³-hybridized carbons (Fsp3) is 0.217. The van der Waals surface area contributed by atoms with E-state index < -0.39 is 10.0 Å². The lowest BCUT2D eigenvalue weighted by Crippen LogP contribution is -2.48. The fourth-order valence-corrected chi connectivity index (χ4v) is 5.68. The van der Waals surface area contributed by atoms with Gasteiger partial charge in [0.2, 0.25) is 10.0 Å². The minimum Gasteiger partial charge on any atom is -0.309 e. The number of halogens is 1. The van der Waals surface area contributed by atoms with Gasteiger partial charge in [0.1, 0.15) is 5.82 Å². The third kappa shape index (κ3) is 4.02. The highest BCUT2D eigenvalue weighted by atomic mass is 35.5. The Hall–Kier alpha value is -2.78. The molecule has 4 aromatic rings. The predicted molar refractivity (Wildman–Crippen MR) is 125 cm³/mol. The average Bonchev–Trinajstić information content (AvgIpc) is 2.79. The molecule has 9 heteroatoms. The van der Waals surface area contributed by atoms with Gasteiger partial charge in [0, 0.05) is 31.2 Å². The zero-order valence-electron chi connectivity index (χ0n) is 17.2. The third-order valence-electron chi connectivity index (χ3n) is 5.78. The van der Waals surface area contributed by atoms with E-state index in [0.717, 1.165) is 10.8 Å². The Balaban J connectivity index is 1.30. The number of nitrogens with zero attached hydrogens (tertiary/aromatic N) is 3. The van der Waals surface area contributed by atoms with Crippen LogP contribution in [0.3, 0.4) is 0 Å². The van der Waals surface area contributed by atoms with E-state index in [9.17, 15) is 13.2 Å². The minimum absolute atomic E-state index is 0.209. The number of nitrogens with one attached hydrogen (secondary N) is 1. The summed E-state index contributed by atoms with van der Waals surface area (Å²) in [4.78, 5) is 22.1. The van der Waals surface area contributed by atoms with Crippen molar-refractivity contribution in [3.8, 4) is 0 Å². The highest BCUT2D eigenvalue weighted by Crippen LogP contribution is 2.23. The Labute approximate surface area is 190 Å². The van der Waals surface area contributed by atoms with Crippen LogP contribution in [0.5, 0.6) is 0 Å². The van der Waals surface area contributed by atoms with Crippen LogP contribution in [0, 0.1) is 0 Å². The minimum atomic E-state index is -3.57. The Bertz CT molecular complexity index is 1480. The van der Waals surface area contributed by atoms with Crippen molar-refractivity contribution in [3.05, 3.63) is 81.9 Å². The lowest BCUT2D eigenvalue weighted by molar-refractivity contribution is 0.178. The number of hydrogen-bond acceptors (Lipinski definition) is 5. The van der Waals surface area contributed by atoms with E-state index in [-0.39, 0.29) is 5.56 Å². The molecule has 0 amide bonds. The van der Waals surface area contributed by atoms with Crippen molar-refractivity contribution in [2.75, 3.05) is 26.2 Å². The maximum Gasteiger partial charge on any atom is 0.258 e. The van der Waals surface area contributed by atoms with Gasteiger partial charge in [-0.15, -0.1) is 0 Å². The quantitative estimate of drug-likeness (QED) is 0.497. The molecular weight excluding hydrogens is 448 g/mol. The number of aromatic nitrogens is 2. The first kappa shape index (κ1) is 21.1. The molecule has 0 radical (unpaired) electrons. The number of piperazine rings is 1. The molecule has 1 fully saturated rings. The molecule has 0 atom stereocenters. The molecule has 0 aliphatic carbocycles. The normalized spacial score (nSPS) is 16.0. The number of rotatable bonds is 4. The Morgan fingerprint density at radius 1 is 0.938 bits per heavy atom. The van der Waals surface area contributed by atoms with Gasteiger partial charge in [-0.3, -0.25) is 9.69 Å². The second kappa shape index (κ2) is 8.29. The number of benzene rings is 3. The van der Waals surface area contributed by atoms with E-state index in [1.165, 1.54) is 4.31 Å². The summed E-state index contributed by atoms with van der Waals surface area (Å²) >= 11 is 6.03. The maximum absolute atomic E-state index is 13.2. The molecular formula is C23H21ClN4O3S. The number of sulfonamides is 1. The summed E-state index contributed by atoms with van der Waals surface area (Å²) in [5.74, 6) is 0.538. The Morgan fingerprint density at radius 2 is 1.69 bits per heavy atom. The van der Waals surface area contributed by atoms with Crippen molar-refractivity contribution in [1.82, 2.24) is 19.2 Å². The smallest absolute Gasteiger partial charge is 0.258 e. The van der Waals surface area contributed by atoms with Gasteiger partial charge < -0.3 is 4.98 Å². The summed E-state index contributed by atoms with van der Waals surface area (Å²) < 4.78 is 27.8. The first-order valence-electron chi connectivity index (χ1n) is 10.3. The predicted octanol–water partition coefficient (Wildman–Crippen LogP) is 3.24. The standard InChI is InChI=1S/C23H21ClN4O3S/c24-18-6-8-20-21(14-18)25-22(26-23(20)29)15-27-9-11-28(12-10-27)32(30,31)19-7-5-16-3-1-2-4-17(16)13-19/h1-8,13-14H,9-12,15H2,(H,25,26,29). The number of hydrogen-bond donors (Lipinski definition) is 1. The zero-order chi connectivity index (χ0) is 22.3. The van der Waals surface area contributed by atoms with Crippen LogP contribution in [-0.2, 0) is 16.6 Å². The largest absolute Gasteiger partial charge is 0.309 e. The SMILES string of the molecule is O=c1[nH]c(CN2CCN(S(=O)(=O)c3ccc4ccccc4c3)CC2)nc2cc(Cl)ccc12. The molecule has 1 saturated heterocycles. The molecule has 2 heterocycles. The first-order chi connectivity index (χ1) is 15.4. The van der Waals surface area contributed by atoms with Crippen LogP contribution in [0.25, 0.3) is 21.7 Å². The number of aromatic amines is 1. The molecule has 1 aliphatic rings. The van der Waals surface area contributed by atoms with Gasteiger partial charge in [-0.05, 0) is 41.1 Å². The highest BCUT2D eigenvalue weighted by Gasteiger charge is 2.29. The summed E-state index contributed by atoms with van der Waals surface area (Å²) in [6.07, 6.45) is 0. The molecule has 0 spiro atoms. The summed E-state index contributed by atoms with van der Waals surface area (Å²) in [6, 6.07) is 17.9. The molecule has 1 aromatic heterocycles. The van der Waals surface area contributed by atoms with Crippen molar-refractivity contribution in [1.29, 1.82) is 0 Å². The molecule has 7 nitrogen and oxygen atoms in total. The summed E-state index contributed by atoms with van der Waals surface area (Å²) in [6.45, 7) is 2.27. The van der Waals surface area contributed by atoms with Crippen molar-refractivity contribution in [2.45, 2.75) is 11.4 Å². The van der Waals surface area contributed by atoms with E-state index in [1.54, 1.807) is 30.3 Å². The molecule has 32 heavy (non-hydrogen) atoms. The molecule has 0 bridgehead atoms. The van der Waals surface area contributed by atoms with Gasteiger partial charge in [-0.1, -0.05) is 41.9 Å². The monoisotopic (exact) mass is 468 g/mol. The van der Waals surface area contributed by atoms with Crippen molar-refractivity contribution < 1.29 is 8.42 Å². The van der Waals surface area contributed by atoms with Gasteiger partial charge in [0.25, 0.3) is 5.56 Å². The summed E-state index contributed by atoms with van der Waals surface area (Å²) in [5.41, 5.74) is 0.341. The molecule has 1 aliphatic heterocycles. The maximum atomic E-state index is 13.2. The van der Waals surface area contributed by atoms with Crippen LogP contribution in [0.4, 0.5) is 0 Å². The zero-order valence-corrected chi connectivity index (χ0v) is 18.7. The Kier molecular flexibility index (Phi) is 5.46. The van der Waals surface area contributed by atoms with Gasteiger partial charge in [0.05, 0.1) is 22.3 Å². The summed E-state index contributed by atoms with van der Waals surface area (Å²) in [5, 5.41) is 2.92. The van der Waals surface area contributed by atoms with E-state index in [1.807, 2.05) is 30.3 Å². The molecule has 0 unspecified atom stereocenters. The van der Waals surface area contributed by atoms with Crippen LogP contribution in [0.2, 0.25) is 5.02 Å². The number of fused-ring (bicyclic) bond motifs is 2. The van der Waals surface area contributed by atoms with Gasteiger partial charge in [-0.25, -0.2) is 13.4 Å². The van der Waals surface area contributed by atoms with Crippen molar-refractivity contribution >= 4 is 43.3 Å². The van der Waals surface area contributed by atoms with Crippen LogP contribution in [0.15, 0.2) is 70.4 Å². The van der Waals surface area contributed by atoms with E-state index in [2.05, 4.69) is 14.9 Å². The molecule has 3 aromatic carbocycles. The van der Waals surface area contributed by atoms with Crippen LogP contribution >= 0.6 is 11.6 Å². The average molecular weight is 469 g/mol. The second-order valence-electron chi connectivity index (χ2n) is 7.86. The second-order valence-corrected chi connectivity index (χ2v) is 10.2. The van der Waals surface area contributed by atoms with E-state index in [0.29, 0.717) is 59.4 Å². The van der Waals surface area contributed by atoms with Crippen LogP contribution in [0.1, 0.15) is 5.82 Å². The highest BCUT2D eigenvalue weighted by molar-refractivity contribution is 7.89. The first-order valence-corrected chi connectivity index (χ1v) is 12.1. The number of H-pyrrole nitrogens is 1. The lowest BCUT2D eigenvalue weighted by atomic mass is 10.1. The molecule has 5 rings (SSSR count). The topological polar surface area (TPSA) is 86.4 Å². The van der Waals surface area contributed by atoms with Crippen molar-refractivity contribution in [3.63, 3.8) is 0 Å². The Morgan fingerprint density at radius 3 is 2.47 bits per heavy atom. The fourth-order valence-electron chi connectivity index (χ4n) is 4.05. The van der Waals surface area contributed by atoms with Crippen LogP contribution < -0.4 is 5.56 Å². The van der Waals surface area contributed by atoms with Crippen molar-refractivity contribution in [2.24, 2.45) is 0 Å². The molecule has 0 saturated carbocycles. The molecule has 1 N–H and O–H groups in total. The van der Waals surface area contributed by atoms with Crippen LogP contribution in [-0.4, -0.2) is 53.8 Å². The van der Waals surface area contributed by atoms with Gasteiger partial charge in [0.15, 0.2) is 0 Å². The van der Waals surface area contributed by atoms with E-state index >= 15 is 0 Å². The van der Waals surface area contributed by atoms with E-state index in [4.69, 9.17) is 11.6 Å². The molecule has 164 valence electrons. The third-order valence-corrected chi connectivity index (χ3v) is 7.91. The summed E-state index contributed by atoms with van der Waals surface area (Å²) in [7, 11) is -3.57. The van der Waals surface area contributed by atoms with Gasteiger partial charge >= 0.3 is 0 Å².